The summed E-state index contributed by atoms with van der Waals surface area (Å²) in [5.74, 6) is -0.127. The largest absolute Gasteiger partial charge is 0.379 e. The van der Waals surface area contributed by atoms with E-state index in [9.17, 15) is 4.79 Å². The van der Waals surface area contributed by atoms with Crippen LogP contribution in [0.4, 0.5) is 0 Å². The highest BCUT2D eigenvalue weighted by molar-refractivity contribution is 5.80. The zero-order chi connectivity index (χ0) is 10.7. The highest BCUT2D eigenvalue weighted by Gasteiger charge is 2.33. The molecular weight excluding hydrogens is 180 g/mol. The van der Waals surface area contributed by atoms with Gasteiger partial charge in [0, 0.05) is 19.6 Å². The van der Waals surface area contributed by atoms with Crippen molar-refractivity contribution in [1.29, 1.82) is 0 Å². The van der Waals surface area contributed by atoms with E-state index in [2.05, 4.69) is 6.58 Å². The Bertz CT molecular complexity index is 240. The quantitative estimate of drug-likeness (QED) is 0.649. The summed E-state index contributed by atoms with van der Waals surface area (Å²) in [5, 5.41) is 0. The van der Waals surface area contributed by atoms with Gasteiger partial charge in [0.2, 0.25) is 5.91 Å². The topological polar surface area (TPSA) is 55.6 Å². The van der Waals surface area contributed by atoms with Crippen molar-refractivity contribution in [1.82, 2.24) is 4.90 Å². The fourth-order valence-electron chi connectivity index (χ4n) is 1.59. The van der Waals surface area contributed by atoms with Crippen LogP contribution in [0.2, 0.25) is 0 Å². The summed E-state index contributed by atoms with van der Waals surface area (Å²) in [6.07, 6.45) is 0. The Labute approximate surface area is 84.7 Å². The number of nitrogens with two attached hydrogens (primary N) is 1. The molecule has 0 radical (unpaired) electrons. The standard InChI is InChI=1S/C10H18N2O2/c1-7(2)4-12(3)10(13)8-5-14-6-9(8)11/h8-9H,1,4-6,11H2,2-3H3. The number of ether oxygens (including phenoxy) is 1. The third-order valence-corrected chi connectivity index (χ3v) is 2.33. The van der Waals surface area contributed by atoms with E-state index in [4.69, 9.17) is 10.5 Å². The van der Waals surface area contributed by atoms with Gasteiger partial charge >= 0.3 is 0 Å². The van der Waals surface area contributed by atoms with Gasteiger partial charge in [0.15, 0.2) is 0 Å². The highest BCUT2D eigenvalue weighted by Crippen LogP contribution is 2.14. The monoisotopic (exact) mass is 198 g/mol. The van der Waals surface area contributed by atoms with Crippen LogP contribution in [0.1, 0.15) is 6.92 Å². The fourth-order valence-corrected chi connectivity index (χ4v) is 1.59. The molecule has 0 aromatic carbocycles. The van der Waals surface area contributed by atoms with Crippen LogP contribution < -0.4 is 5.73 Å². The first kappa shape index (κ1) is 11.2. The molecule has 1 saturated heterocycles. The lowest BCUT2D eigenvalue weighted by atomic mass is 10.0. The van der Waals surface area contributed by atoms with Crippen molar-refractivity contribution < 1.29 is 9.53 Å². The molecule has 1 aliphatic heterocycles. The second-order valence-corrected chi connectivity index (χ2v) is 3.96. The normalized spacial score (nSPS) is 26.2. The molecule has 14 heavy (non-hydrogen) atoms. The molecule has 80 valence electrons. The van der Waals surface area contributed by atoms with Crippen LogP contribution in [0.3, 0.4) is 0 Å². The average molecular weight is 198 g/mol. The van der Waals surface area contributed by atoms with Crippen LogP contribution in [-0.4, -0.2) is 43.7 Å². The molecule has 0 spiro atoms. The summed E-state index contributed by atoms with van der Waals surface area (Å²) in [6.45, 7) is 7.18. The molecule has 0 saturated carbocycles. The van der Waals surface area contributed by atoms with Crippen LogP contribution in [0.25, 0.3) is 0 Å². The van der Waals surface area contributed by atoms with Crippen molar-refractivity contribution in [2.24, 2.45) is 11.7 Å². The molecule has 2 N–H and O–H groups in total. The van der Waals surface area contributed by atoms with Gasteiger partial charge in [-0.15, -0.1) is 0 Å². The van der Waals surface area contributed by atoms with Crippen molar-refractivity contribution >= 4 is 5.91 Å². The molecule has 1 aliphatic rings. The van der Waals surface area contributed by atoms with Crippen molar-refractivity contribution in [3.05, 3.63) is 12.2 Å². The smallest absolute Gasteiger partial charge is 0.229 e. The van der Waals surface area contributed by atoms with Crippen LogP contribution in [0, 0.1) is 5.92 Å². The fraction of sp³-hybridized carbons (Fsp3) is 0.700. The summed E-state index contributed by atoms with van der Waals surface area (Å²) in [5.41, 5.74) is 6.72. The molecule has 1 fully saturated rings. The van der Waals surface area contributed by atoms with Crippen molar-refractivity contribution in [3.8, 4) is 0 Å². The van der Waals surface area contributed by atoms with E-state index >= 15 is 0 Å². The van der Waals surface area contributed by atoms with E-state index in [-0.39, 0.29) is 17.9 Å². The second kappa shape index (κ2) is 4.57. The number of hydrogen-bond donors (Lipinski definition) is 1. The summed E-state index contributed by atoms with van der Waals surface area (Å²) >= 11 is 0. The average Bonchev–Trinajstić information content (AvgIpc) is 2.48. The van der Waals surface area contributed by atoms with E-state index in [1.807, 2.05) is 6.92 Å². The molecule has 2 atom stereocenters. The van der Waals surface area contributed by atoms with Crippen LogP contribution in [0.5, 0.6) is 0 Å². The maximum absolute atomic E-state index is 11.8. The Morgan fingerprint density at radius 2 is 2.29 bits per heavy atom. The summed E-state index contributed by atoms with van der Waals surface area (Å²) in [4.78, 5) is 13.5. The minimum Gasteiger partial charge on any atom is -0.379 e. The Morgan fingerprint density at radius 1 is 1.64 bits per heavy atom. The van der Waals surface area contributed by atoms with Crippen molar-refractivity contribution in [2.45, 2.75) is 13.0 Å². The first-order chi connectivity index (χ1) is 6.52. The highest BCUT2D eigenvalue weighted by atomic mass is 16.5. The number of carbonyl (C=O) groups excluding carboxylic acids is 1. The molecule has 4 heteroatoms. The molecule has 0 aliphatic carbocycles. The number of amides is 1. The van der Waals surface area contributed by atoms with Gasteiger partial charge in [0.25, 0.3) is 0 Å². The van der Waals surface area contributed by atoms with Crippen LogP contribution in [0.15, 0.2) is 12.2 Å². The Morgan fingerprint density at radius 3 is 2.71 bits per heavy atom. The van der Waals surface area contributed by atoms with Crippen molar-refractivity contribution in [3.63, 3.8) is 0 Å². The molecule has 2 unspecified atom stereocenters. The summed E-state index contributed by atoms with van der Waals surface area (Å²) in [7, 11) is 1.77. The maximum atomic E-state index is 11.8. The number of rotatable bonds is 3. The molecule has 4 nitrogen and oxygen atoms in total. The Hall–Kier alpha value is -0.870. The predicted octanol–water partition coefficient (Wildman–Crippen LogP) is -0.00540. The van der Waals surface area contributed by atoms with E-state index in [1.54, 1.807) is 11.9 Å². The number of nitrogens with zero attached hydrogens (tertiary/aromatic N) is 1. The summed E-state index contributed by atoms with van der Waals surface area (Å²) in [6, 6.07) is -0.157. The number of hydrogen-bond acceptors (Lipinski definition) is 3. The molecule has 1 amide bonds. The summed E-state index contributed by atoms with van der Waals surface area (Å²) < 4.78 is 5.15. The SMILES string of the molecule is C=C(C)CN(C)C(=O)C1COCC1N. The first-order valence-electron chi connectivity index (χ1n) is 4.75. The Kier molecular flexibility index (Phi) is 3.66. The molecule has 0 aromatic heterocycles. The Balaban J connectivity index is 2.51. The third-order valence-electron chi connectivity index (χ3n) is 2.33. The lowest BCUT2D eigenvalue weighted by Crippen LogP contribution is -2.42. The van der Waals surface area contributed by atoms with Crippen LogP contribution >= 0.6 is 0 Å². The maximum Gasteiger partial charge on any atom is 0.229 e. The minimum atomic E-state index is -0.181. The van der Waals surface area contributed by atoms with E-state index in [0.29, 0.717) is 19.8 Å². The van der Waals surface area contributed by atoms with E-state index in [0.717, 1.165) is 5.57 Å². The van der Waals surface area contributed by atoms with E-state index in [1.165, 1.54) is 0 Å². The van der Waals surface area contributed by atoms with Gasteiger partial charge in [0.1, 0.15) is 0 Å². The second-order valence-electron chi connectivity index (χ2n) is 3.96. The molecular formula is C10H18N2O2. The zero-order valence-corrected chi connectivity index (χ0v) is 8.82. The van der Waals surface area contributed by atoms with Gasteiger partial charge in [-0.3, -0.25) is 4.79 Å². The van der Waals surface area contributed by atoms with Gasteiger partial charge in [-0.05, 0) is 6.92 Å². The molecule has 1 rings (SSSR count). The predicted molar refractivity (Wildman–Crippen MR) is 54.7 cm³/mol. The van der Waals surface area contributed by atoms with Crippen LogP contribution in [-0.2, 0) is 9.53 Å². The molecule has 0 bridgehead atoms. The first-order valence-corrected chi connectivity index (χ1v) is 4.75. The minimum absolute atomic E-state index is 0.0537. The molecule has 0 aromatic rings. The van der Waals surface area contributed by atoms with E-state index < -0.39 is 0 Å². The third kappa shape index (κ3) is 2.56. The van der Waals surface area contributed by atoms with Gasteiger partial charge < -0.3 is 15.4 Å². The van der Waals surface area contributed by atoms with Gasteiger partial charge in [0.05, 0.1) is 19.1 Å². The van der Waals surface area contributed by atoms with Gasteiger partial charge in [-0.1, -0.05) is 12.2 Å². The number of likely N-dealkylation sites (N-methyl/N-ethyl adjacent to an activating group) is 1. The van der Waals surface area contributed by atoms with Crippen molar-refractivity contribution in [2.75, 3.05) is 26.8 Å². The molecule has 1 heterocycles. The zero-order valence-electron chi connectivity index (χ0n) is 8.82. The van der Waals surface area contributed by atoms with Gasteiger partial charge in [-0.25, -0.2) is 0 Å². The number of carbonyl (C=O) groups is 1. The lowest BCUT2D eigenvalue weighted by molar-refractivity contribution is -0.134. The van der Waals surface area contributed by atoms with Gasteiger partial charge in [-0.2, -0.15) is 0 Å². The lowest BCUT2D eigenvalue weighted by Gasteiger charge is -2.22.